The van der Waals surface area contributed by atoms with Gasteiger partial charge in [0, 0.05) is 29.4 Å². The van der Waals surface area contributed by atoms with Gasteiger partial charge in [-0.3, -0.25) is 4.79 Å². The molecule has 1 unspecified atom stereocenters. The first kappa shape index (κ1) is 18.9. The molecule has 24 heavy (non-hydrogen) atoms. The first-order valence-corrected chi connectivity index (χ1v) is 8.74. The predicted octanol–water partition coefficient (Wildman–Crippen LogP) is 3.11. The lowest BCUT2D eigenvalue weighted by molar-refractivity contribution is -0.117. The van der Waals surface area contributed by atoms with Crippen molar-refractivity contribution in [1.82, 2.24) is 10.3 Å². The van der Waals surface area contributed by atoms with Gasteiger partial charge < -0.3 is 15.4 Å². The molecule has 2 N–H and O–H groups in total. The first-order valence-electron chi connectivity index (χ1n) is 7.92. The summed E-state index contributed by atoms with van der Waals surface area (Å²) in [4.78, 5) is 18.0. The van der Waals surface area contributed by atoms with Crippen molar-refractivity contribution in [1.29, 1.82) is 0 Å². The highest BCUT2D eigenvalue weighted by Crippen LogP contribution is 2.31. The molecule has 0 bridgehead atoms. The fraction of sp³-hybridized carbons (Fsp3) is 0.412. The molecule has 1 aromatic carbocycles. The Morgan fingerprint density at radius 2 is 2.21 bits per heavy atom. The number of hydrogen-bond acceptors (Lipinski definition) is 5. The molecule has 3 rings (SSSR count). The van der Waals surface area contributed by atoms with Crippen molar-refractivity contribution in [3.05, 3.63) is 35.2 Å². The molecule has 1 saturated heterocycles. The van der Waals surface area contributed by atoms with Gasteiger partial charge in [-0.25, -0.2) is 4.98 Å². The molecule has 2 heterocycles. The zero-order chi connectivity index (χ0) is 16.1. The summed E-state index contributed by atoms with van der Waals surface area (Å²) in [6, 6.07) is 10.2. The van der Waals surface area contributed by atoms with Crippen molar-refractivity contribution >= 4 is 34.8 Å². The van der Waals surface area contributed by atoms with Gasteiger partial charge in [0.2, 0.25) is 5.91 Å². The maximum Gasteiger partial charge on any atom is 0.227 e. The number of nitrogens with one attached hydrogen (secondary N) is 2. The molecule has 0 aliphatic carbocycles. The SMILES string of the molecule is CCc1sc(NC(=O)CC2COCCN2)nc1-c1ccccc1.Cl. The highest BCUT2D eigenvalue weighted by atomic mass is 35.5. The largest absolute Gasteiger partial charge is 0.378 e. The number of anilines is 1. The predicted molar refractivity (Wildman–Crippen MR) is 100 cm³/mol. The molecule has 5 nitrogen and oxygen atoms in total. The van der Waals surface area contributed by atoms with Crippen LogP contribution in [-0.4, -0.2) is 36.7 Å². The van der Waals surface area contributed by atoms with Crippen LogP contribution in [0, 0.1) is 0 Å². The third kappa shape index (κ3) is 4.77. The van der Waals surface area contributed by atoms with E-state index < -0.39 is 0 Å². The fourth-order valence-corrected chi connectivity index (χ4v) is 3.55. The number of halogens is 1. The smallest absolute Gasteiger partial charge is 0.227 e. The van der Waals surface area contributed by atoms with Crippen LogP contribution in [0.15, 0.2) is 30.3 Å². The third-order valence-corrected chi connectivity index (χ3v) is 4.86. The Kier molecular flexibility index (Phi) is 7.17. The van der Waals surface area contributed by atoms with Crippen LogP contribution in [0.3, 0.4) is 0 Å². The Balaban J connectivity index is 0.00000208. The number of amides is 1. The summed E-state index contributed by atoms with van der Waals surface area (Å²) in [5.74, 6) is -0.0241. The number of ether oxygens (including phenoxy) is 1. The van der Waals surface area contributed by atoms with E-state index in [1.54, 1.807) is 11.3 Å². The molecule has 0 saturated carbocycles. The molecule has 1 amide bonds. The Bertz CT molecular complexity index is 657. The second-order valence-corrected chi connectivity index (χ2v) is 6.57. The molecule has 1 aliphatic heterocycles. The third-order valence-electron chi connectivity index (χ3n) is 3.74. The van der Waals surface area contributed by atoms with E-state index in [4.69, 9.17) is 4.74 Å². The number of hydrogen-bond donors (Lipinski definition) is 2. The van der Waals surface area contributed by atoms with E-state index in [9.17, 15) is 4.79 Å². The number of aryl methyl sites for hydroxylation is 1. The van der Waals surface area contributed by atoms with Gasteiger partial charge in [0.1, 0.15) is 0 Å². The van der Waals surface area contributed by atoms with Crippen molar-refractivity contribution in [3.63, 3.8) is 0 Å². The van der Waals surface area contributed by atoms with Crippen LogP contribution in [0.25, 0.3) is 11.3 Å². The molecule has 1 aromatic heterocycles. The fourth-order valence-electron chi connectivity index (χ4n) is 2.61. The zero-order valence-electron chi connectivity index (χ0n) is 13.6. The summed E-state index contributed by atoms with van der Waals surface area (Å²) in [5, 5.41) is 6.88. The Labute approximate surface area is 152 Å². The molecular formula is C17H22ClN3O2S. The van der Waals surface area contributed by atoms with Gasteiger partial charge in [0.15, 0.2) is 5.13 Å². The average Bonchev–Trinajstić information content (AvgIpc) is 2.99. The maximum atomic E-state index is 12.2. The minimum absolute atomic E-state index is 0. The lowest BCUT2D eigenvalue weighted by Crippen LogP contribution is -2.43. The Hall–Kier alpha value is -1.47. The maximum absolute atomic E-state index is 12.2. The second kappa shape index (κ2) is 9.13. The minimum Gasteiger partial charge on any atom is -0.378 e. The second-order valence-electron chi connectivity index (χ2n) is 5.49. The summed E-state index contributed by atoms with van der Waals surface area (Å²) in [6.45, 7) is 4.20. The summed E-state index contributed by atoms with van der Waals surface area (Å²) < 4.78 is 5.38. The van der Waals surface area contributed by atoms with Crippen molar-refractivity contribution in [2.24, 2.45) is 0 Å². The molecule has 0 spiro atoms. The van der Waals surface area contributed by atoms with Crippen molar-refractivity contribution in [2.45, 2.75) is 25.8 Å². The van der Waals surface area contributed by atoms with E-state index in [-0.39, 0.29) is 24.4 Å². The average molecular weight is 368 g/mol. The van der Waals surface area contributed by atoms with E-state index in [0.29, 0.717) is 24.8 Å². The molecule has 7 heteroatoms. The topological polar surface area (TPSA) is 63.2 Å². The van der Waals surface area contributed by atoms with E-state index >= 15 is 0 Å². The molecular weight excluding hydrogens is 346 g/mol. The van der Waals surface area contributed by atoms with Gasteiger partial charge >= 0.3 is 0 Å². The van der Waals surface area contributed by atoms with E-state index in [0.717, 1.165) is 24.2 Å². The summed E-state index contributed by atoms with van der Waals surface area (Å²) in [7, 11) is 0. The van der Waals surface area contributed by atoms with Crippen LogP contribution < -0.4 is 10.6 Å². The van der Waals surface area contributed by atoms with Gasteiger partial charge in [0.05, 0.1) is 18.9 Å². The molecule has 1 fully saturated rings. The van der Waals surface area contributed by atoms with E-state index in [1.807, 2.05) is 30.3 Å². The van der Waals surface area contributed by atoms with Crippen LogP contribution >= 0.6 is 23.7 Å². The van der Waals surface area contributed by atoms with Crippen LogP contribution in [0.4, 0.5) is 5.13 Å². The molecule has 1 atom stereocenters. The quantitative estimate of drug-likeness (QED) is 0.852. The Morgan fingerprint density at radius 3 is 2.88 bits per heavy atom. The number of morpholine rings is 1. The monoisotopic (exact) mass is 367 g/mol. The van der Waals surface area contributed by atoms with Gasteiger partial charge in [-0.05, 0) is 6.42 Å². The van der Waals surface area contributed by atoms with Crippen LogP contribution in [-0.2, 0) is 16.0 Å². The van der Waals surface area contributed by atoms with Gasteiger partial charge in [-0.2, -0.15) is 0 Å². The standard InChI is InChI=1S/C17H21N3O2S.ClH/c1-2-14-16(12-6-4-3-5-7-12)20-17(23-14)19-15(21)10-13-11-22-9-8-18-13;/h3-7,13,18H,2,8-11H2,1H3,(H,19,20,21);1H. The molecule has 130 valence electrons. The number of carbonyl (C=O) groups excluding carboxylic acids is 1. The molecule has 0 radical (unpaired) electrons. The number of thiazole rings is 1. The summed E-state index contributed by atoms with van der Waals surface area (Å²) in [5.41, 5.74) is 2.05. The molecule has 1 aliphatic rings. The minimum atomic E-state index is -0.0241. The van der Waals surface area contributed by atoms with Crippen LogP contribution in [0.2, 0.25) is 0 Å². The van der Waals surface area contributed by atoms with E-state index in [2.05, 4.69) is 22.5 Å². The van der Waals surface area contributed by atoms with Crippen molar-refractivity contribution < 1.29 is 9.53 Å². The number of nitrogens with zero attached hydrogens (tertiary/aromatic N) is 1. The normalized spacial score (nSPS) is 17.1. The van der Waals surface area contributed by atoms with Gasteiger partial charge in [-0.1, -0.05) is 37.3 Å². The number of rotatable bonds is 5. The zero-order valence-corrected chi connectivity index (χ0v) is 15.2. The van der Waals surface area contributed by atoms with E-state index in [1.165, 1.54) is 4.88 Å². The first-order chi connectivity index (χ1) is 11.3. The highest BCUT2D eigenvalue weighted by molar-refractivity contribution is 7.16. The lowest BCUT2D eigenvalue weighted by atomic mass is 10.1. The number of carbonyl (C=O) groups is 1. The number of aromatic nitrogens is 1. The molecule has 2 aromatic rings. The highest BCUT2D eigenvalue weighted by Gasteiger charge is 2.18. The van der Waals surface area contributed by atoms with Crippen LogP contribution in [0.5, 0.6) is 0 Å². The summed E-state index contributed by atoms with van der Waals surface area (Å²) >= 11 is 1.55. The lowest BCUT2D eigenvalue weighted by Gasteiger charge is -2.22. The van der Waals surface area contributed by atoms with Gasteiger partial charge in [0.25, 0.3) is 0 Å². The van der Waals surface area contributed by atoms with Crippen molar-refractivity contribution in [3.8, 4) is 11.3 Å². The van der Waals surface area contributed by atoms with Crippen molar-refractivity contribution in [2.75, 3.05) is 25.1 Å². The number of benzene rings is 1. The Morgan fingerprint density at radius 1 is 1.42 bits per heavy atom. The van der Waals surface area contributed by atoms with Gasteiger partial charge in [-0.15, -0.1) is 23.7 Å². The summed E-state index contributed by atoms with van der Waals surface area (Å²) in [6.07, 6.45) is 1.30. The van der Waals surface area contributed by atoms with Crippen LogP contribution in [0.1, 0.15) is 18.2 Å².